The molecule has 0 aromatic carbocycles. The number of nitrogens with one attached hydrogen (secondary N) is 2. The molecule has 1 unspecified atom stereocenters. The Morgan fingerprint density at radius 1 is 1.41 bits per heavy atom. The maximum atomic E-state index is 11.8. The summed E-state index contributed by atoms with van der Waals surface area (Å²) < 4.78 is 26.1. The first-order valence-corrected chi connectivity index (χ1v) is 7.16. The Morgan fingerprint density at radius 3 is 2.29 bits per heavy atom. The highest BCUT2D eigenvalue weighted by atomic mass is 32.2. The van der Waals surface area contributed by atoms with Gasteiger partial charge in [-0.2, -0.15) is 0 Å². The molecule has 0 aromatic rings. The summed E-state index contributed by atoms with van der Waals surface area (Å²) in [6.07, 6.45) is 0.451. The number of nitrogens with two attached hydrogens (primary N) is 1. The first-order chi connectivity index (χ1) is 7.71. The monoisotopic (exact) mass is 265 g/mol. The van der Waals surface area contributed by atoms with Gasteiger partial charge in [0.2, 0.25) is 15.9 Å². The van der Waals surface area contributed by atoms with Crippen LogP contribution >= 0.6 is 0 Å². The van der Waals surface area contributed by atoms with Gasteiger partial charge in [0, 0.05) is 20.1 Å². The van der Waals surface area contributed by atoms with E-state index in [1.807, 2.05) is 0 Å². The number of sulfonamides is 1. The van der Waals surface area contributed by atoms with E-state index in [4.69, 9.17) is 5.73 Å². The Kier molecular flexibility index (Phi) is 6.08. The van der Waals surface area contributed by atoms with E-state index in [2.05, 4.69) is 10.0 Å². The molecule has 0 radical (unpaired) electrons. The summed E-state index contributed by atoms with van der Waals surface area (Å²) in [5.74, 6) is -0.207. The van der Waals surface area contributed by atoms with Crippen molar-refractivity contribution in [2.45, 2.75) is 32.4 Å². The summed E-state index contributed by atoms with van der Waals surface area (Å²) >= 11 is 0. The molecule has 102 valence electrons. The standard InChI is InChI=1S/C10H23N3O3S/c1-5-8(6-11)17(15,16)13-7-10(2,3)9(14)12-4/h8,13H,5-7,11H2,1-4H3,(H,12,14). The van der Waals surface area contributed by atoms with E-state index in [9.17, 15) is 13.2 Å². The minimum atomic E-state index is -3.45. The molecule has 0 saturated carbocycles. The number of carbonyl (C=O) groups is 1. The predicted molar refractivity (Wildman–Crippen MR) is 67.9 cm³/mol. The Hall–Kier alpha value is -0.660. The van der Waals surface area contributed by atoms with Crippen LogP contribution in [0.3, 0.4) is 0 Å². The minimum Gasteiger partial charge on any atom is -0.359 e. The van der Waals surface area contributed by atoms with Gasteiger partial charge in [0.25, 0.3) is 0 Å². The SMILES string of the molecule is CCC(CN)S(=O)(=O)NCC(C)(C)C(=O)NC. The Bertz CT molecular complexity index is 348. The lowest BCUT2D eigenvalue weighted by Crippen LogP contribution is -2.47. The number of hydrogen-bond acceptors (Lipinski definition) is 4. The molecule has 0 heterocycles. The quantitative estimate of drug-likeness (QED) is 0.573. The molecule has 0 aromatic heterocycles. The zero-order valence-electron chi connectivity index (χ0n) is 10.9. The van der Waals surface area contributed by atoms with Crippen molar-refractivity contribution < 1.29 is 13.2 Å². The first-order valence-electron chi connectivity index (χ1n) is 5.62. The van der Waals surface area contributed by atoms with Crippen molar-refractivity contribution in [1.82, 2.24) is 10.0 Å². The van der Waals surface area contributed by atoms with Crippen molar-refractivity contribution in [2.24, 2.45) is 11.1 Å². The molecule has 4 N–H and O–H groups in total. The molecular weight excluding hydrogens is 242 g/mol. The largest absolute Gasteiger partial charge is 0.359 e. The maximum Gasteiger partial charge on any atom is 0.226 e. The summed E-state index contributed by atoms with van der Waals surface area (Å²) in [7, 11) is -1.93. The van der Waals surface area contributed by atoms with Gasteiger partial charge in [-0.05, 0) is 20.3 Å². The third kappa shape index (κ3) is 4.61. The van der Waals surface area contributed by atoms with Crippen LogP contribution in [-0.4, -0.2) is 39.7 Å². The fourth-order valence-corrected chi connectivity index (χ4v) is 2.82. The van der Waals surface area contributed by atoms with Gasteiger partial charge >= 0.3 is 0 Å². The summed E-state index contributed by atoms with van der Waals surface area (Å²) in [5.41, 5.74) is 4.61. The molecule has 0 bridgehead atoms. The highest BCUT2D eigenvalue weighted by Gasteiger charge is 2.30. The van der Waals surface area contributed by atoms with E-state index < -0.39 is 20.7 Å². The van der Waals surface area contributed by atoms with Crippen molar-refractivity contribution in [3.8, 4) is 0 Å². The fourth-order valence-electron chi connectivity index (χ4n) is 1.33. The van der Waals surface area contributed by atoms with Gasteiger partial charge in [-0.15, -0.1) is 0 Å². The van der Waals surface area contributed by atoms with Crippen LogP contribution in [0.2, 0.25) is 0 Å². The highest BCUT2D eigenvalue weighted by molar-refractivity contribution is 7.90. The second kappa shape index (κ2) is 6.32. The van der Waals surface area contributed by atoms with Crippen LogP contribution in [0.4, 0.5) is 0 Å². The zero-order chi connectivity index (χ0) is 13.7. The van der Waals surface area contributed by atoms with Crippen LogP contribution in [-0.2, 0) is 14.8 Å². The Labute approximate surface area is 103 Å². The van der Waals surface area contributed by atoms with E-state index >= 15 is 0 Å². The van der Waals surface area contributed by atoms with Crippen LogP contribution in [0.1, 0.15) is 27.2 Å². The van der Waals surface area contributed by atoms with Gasteiger partial charge in [-0.3, -0.25) is 4.79 Å². The molecule has 6 nitrogen and oxygen atoms in total. The number of carbonyl (C=O) groups excluding carboxylic acids is 1. The normalized spacial score (nSPS) is 14.4. The third-order valence-corrected chi connectivity index (χ3v) is 4.66. The van der Waals surface area contributed by atoms with E-state index in [1.165, 1.54) is 7.05 Å². The highest BCUT2D eigenvalue weighted by Crippen LogP contribution is 2.14. The molecule has 0 rings (SSSR count). The van der Waals surface area contributed by atoms with Crippen LogP contribution in [0.15, 0.2) is 0 Å². The Morgan fingerprint density at radius 2 is 1.94 bits per heavy atom. The molecule has 7 heteroatoms. The van der Waals surface area contributed by atoms with Gasteiger partial charge in [-0.1, -0.05) is 6.92 Å². The summed E-state index contributed by atoms with van der Waals surface area (Å²) in [4.78, 5) is 11.5. The lowest BCUT2D eigenvalue weighted by molar-refractivity contribution is -0.128. The smallest absolute Gasteiger partial charge is 0.226 e. The van der Waals surface area contributed by atoms with E-state index in [0.717, 1.165) is 0 Å². The molecule has 0 fully saturated rings. The van der Waals surface area contributed by atoms with E-state index in [-0.39, 0.29) is 19.0 Å². The molecular formula is C10H23N3O3S. The number of amides is 1. The van der Waals surface area contributed by atoms with Gasteiger partial charge < -0.3 is 11.1 Å². The van der Waals surface area contributed by atoms with Gasteiger partial charge in [0.15, 0.2) is 0 Å². The van der Waals surface area contributed by atoms with Gasteiger partial charge in [0.1, 0.15) is 0 Å². The minimum absolute atomic E-state index is 0.0610. The molecule has 0 spiro atoms. The number of rotatable bonds is 7. The predicted octanol–water partition coefficient (Wildman–Crippen LogP) is -0.585. The van der Waals surface area contributed by atoms with Crippen LogP contribution in [0, 0.1) is 5.41 Å². The van der Waals surface area contributed by atoms with Crippen molar-refractivity contribution in [1.29, 1.82) is 0 Å². The van der Waals surface area contributed by atoms with Crippen molar-refractivity contribution in [2.75, 3.05) is 20.1 Å². The molecule has 0 aliphatic rings. The molecule has 1 atom stereocenters. The van der Waals surface area contributed by atoms with Gasteiger partial charge in [-0.25, -0.2) is 13.1 Å². The van der Waals surface area contributed by atoms with Crippen LogP contribution in [0.25, 0.3) is 0 Å². The summed E-state index contributed by atoms with van der Waals surface area (Å²) in [5, 5.41) is 1.89. The third-order valence-electron chi connectivity index (χ3n) is 2.71. The van der Waals surface area contributed by atoms with E-state index in [0.29, 0.717) is 6.42 Å². The fraction of sp³-hybridized carbons (Fsp3) is 0.900. The average molecular weight is 265 g/mol. The number of hydrogen-bond donors (Lipinski definition) is 3. The summed E-state index contributed by atoms with van der Waals surface area (Å²) in [6, 6.07) is 0. The Balaban J connectivity index is 4.62. The van der Waals surface area contributed by atoms with Crippen LogP contribution in [0.5, 0.6) is 0 Å². The summed E-state index contributed by atoms with van der Waals surface area (Å²) in [6.45, 7) is 5.26. The molecule has 17 heavy (non-hydrogen) atoms. The lowest BCUT2D eigenvalue weighted by atomic mass is 9.93. The van der Waals surface area contributed by atoms with Crippen molar-refractivity contribution in [3.63, 3.8) is 0 Å². The maximum absolute atomic E-state index is 11.8. The molecule has 0 aliphatic carbocycles. The van der Waals surface area contributed by atoms with E-state index in [1.54, 1.807) is 20.8 Å². The molecule has 0 aliphatic heterocycles. The van der Waals surface area contributed by atoms with Gasteiger partial charge in [0.05, 0.1) is 10.7 Å². The van der Waals surface area contributed by atoms with Crippen molar-refractivity contribution in [3.05, 3.63) is 0 Å². The molecule has 0 saturated heterocycles. The zero-order valence-corrected chi connectivity index (χ0v) is 11.7. The topological polar surface area (TPSA) is 101 Å². The average Bonchev–Trinajstić information content (AvgIpc) is 2.27. The lowest BCUT2D eigenvalue weighted by Gasteiger charge is -2.24. The molecule has 1 amide bonds. The first kappa shape index (κ1) is 16.3. The second-order valence-electron chi connectivity index (χ2n) is 4.60. The van der Waals surface area contributed by atoms with Crippen LogP contribution < -0.4 is 15.8 Å². The van der Waals surface area contributed by atoms with Crippen molar-refractivity contribution >= 4 is 15.9 Å². The second-order valence-corrected chi connectivity index (χ2v) is 6.64.